The van der Waals surface area contributed by atoms with Crippen LogP contribution >= 0.6 is 23.4 Å². The number of nitrogens with two attached hydrogens (primary N) is 1. The van der Waals surface area contributed by atoms with Crippen LogP contribution in [0, 0.1) is 0 Å². The molecule has 2 aromatic rings. The van der Waals surface area contributed by atoms with E-state index in [1.807, 2.05) is 30.3 Å². The quantitative estimate of drug-likeness (QED) is 0.486. The Balaban J connectivity index is 2.21. The van der Waals surface area contributed by atoms with E-state index in [1.165, 1.54) is 0 Å². The number of carbonyl (C=O) groups is 1. The van der Waals surface area contributed by atoms with Crippen molar-refractivity contribution in [1.82, 2.24) is 0 Å². The number of carbonyl (C=O) groups excluding carboxylic acids is 1. The normalized spacial score (nSPS) is 10.1. The van der Waals surface area contributed by atoms with Crippen molar-refractivity contribution < 1.29 is 4.79 Å². The van der Waals surface area contributed by atoms with Crippen LogP contribution in [0.15, 0.2) is 60.0 Å². The molecule has 0 aliphatic rings. The molecule has 108 valence electrons. The van der Waals surface area contributed by atoms with Gasteiger partial charge in [-0.1, -0.05) is 29.8 Å². The van der Waals surface area contributed by atoms with Gasteiger partial charge < -0.3 is 11.1 Å². The van der Waals surface area contributed by atoms with E-state index in [9.17, 15) is 4.79 Å². The highest BCUT2D eigenvalue weighted by atomic mass is 35.5. The van der Waals surface area contributed by atoms with Gasteiger partial charge in [0.05, 0.1) is 5.69 Å². The third-order valence-electron chi connectivity index (χ3n) is 2.67. The first-order chi connectivity index (χ1) is 10.1. The minimum atomic E-state index is -0.240. The molecule has 21 heavy (non-hydrogen) atoms. The van der Waals surface area contributed by atoms with Crippen molar-refractivity contribution in [3.63, 3.8) is 0 Å². The number of hydrogen-bond donors (Lipinski definition) is 2. The van der Waals surface area contributed by atoms with Crippen molar-refractivity contribution in [2.24, 2.45) is 0 Å². The lowest BCUT2D eigenvalue weighted by Gasteiger charge is -2.10. The lowest BCUT2D eigenvalue weighted by Crippen LogP contribution is -2.13. The first kappa shape index (κ1) is 15.5. The van der Waals surface area contributed by atoms with Gasteiger partial charge in [0.2, 0.25) is 0 Å². The summed E-state index contributed by atoms with van der Waals surface area (Å²) < 4.78 is 0. The summed E-state index contributed by atoms with van der Waals surface area (Å²) in [5, 5.41) is 3.32. The van der Waals surface area contributed by atoms with E-state index in [-0.39, 0.29) is 5.91 Å². The third kappa shape index (κ3) is 4.28. The van der Waals surface area contributed by atoms with Gasteiger partial charge >= 0.3 is 0 Å². The summed E-state index contributed by atoms with van der Waals surface area (Å²) in [5.41, 5.74) is 7.36. The van der Waals surface area contributed by atoms with Crippen molar-refractivity contribution in [1.29, 1.82) is 0 Å². The summed E-state index contributed by atoms with van der Waals surface area (Å²) >= 11 is 7.53. The second-order valence-corrected chi connectivity index (χ2v) is 5.82. The molecule has 3 N–H and O–H groups in total. The first-order valence-corrected chi connectivity index (χ1v) is 7.66. The van der Waals surface area contributed by atoms with Gasteiger partial charge in [0.15, 0.2) is 0 Å². The molecule has 0 saturated carbocycles. The van der Waals surface area contributed by atoms with Crippen molar-refractivity contribution in [2.45, 2.75) is 4.90 Å². The van der Waals surface area contributed by atoms with E-state index >= 15 is 0 Å². The van der Waals surface area contributed by atoms with E-state index in [0.717, 1.165) is 16.3 Å². The van der Waals surface area contributed by atoms with Crippen molar-refractivity contribution in [3.8, 4) is 0 Å². The minimum absolute atomic E-state index is 0.240. The molecule has 0 bridgehead atoms. The van der Waals surface area contributed by atoms with Crippen LogP contribution in [0.1, 0.15) is 10.4 Å². The van der Waals surface area contributed by atoms with Gasteiger partial charge in [-0.25, -0.2) is 0 Å². The van der Waals surface area contributed by atoms with E-state index in [4.69, 9.17) is 17.3 Å². The number of amides is 1. The van der Waals surface area contributed by atoms with Gasteiger partial charge in [-0.05, 0) is 30.3 Å². The summed E-state index contributed by atoms with van der Waals surface area (Å²) in [6.45, 7) is 3.70. The molecule has 0 radical (unpaired) electrons. The lowest BCUT2D eigenvalue weighted by atomic mass is 10.2. The van der Waals surface area contributed by atoms with Gasteiger partial charge in [0.25, 0.3) is 5.91 Å². The maximum absolute atomic E-state index is 12.3. The van der Waals surface area contributed by atoms with Crippen molar-refractivity contribution >= 4 is 40.6 Å². The number of halogens is 1. The number of hydrogen-bond acceptors (Lipinski definition) is 3. The molecule has 0 fully saturated rings. The number of anilines is 2. The van der Waals surface area contributed by atoms with Crippen LogP contribution in [0.4, 0.5) is 11.4 Å². The van der Waals surface area contributed by atoms with Crippen LogP contribution in [0.25, 0.3) is 0 Å². The minimum Gasteiger partial charge on any atom is -0.399 e. The van der Waals surface area contributed by atoms with Crippen molar-refractivity contribution in [3.05, 3.63) is 65.7 Å². The molecule has 1 amide bonds. The zero-order valence-corrected chi connectivity index (χ0v) is 12.9. The first-order valence-electron chi connectivity index (χ1n) is 6.30. The Hall–Kier alpha value is -1.91. The number of nitrogens with one attached hydrogen (secondary N) is 1. The number of para-hydroxylation sites is 1. The Morgan fingerprint density at radius 3 is 2.81 bits per heavy atom. The smallest absolute Gasteiger partial charge is 0.255 e. The Labute approximate surface area is 133 Å². The average Bonchev–Trinajstić information content (AvgIpc) is 2.45. The second kappa shape index (κ2) is 7.20. The summed E-state index contributed by atoms with van der Waals surface area (Å²) in [7, 11) is 0. The molecule has 0 heterocycles. The summed E-state index contributed by atoms with van der Waals surface area (Å²) in [6.07, 6.45) is 1.82. The fourth-order valence-corrected chi connectivity index (χ4v) is 2.77. The maximum Gasteiger partial charge on any atom is 0.255 e. The zero-order chi connectivity index (χ0) is 15.2. The predicted molar refractivity (Wildman–Crippen MR) is 91.2 cm³/mol. The molecule has 0 aliphatic heterocycles. The molecule has 0 atom stereocenters. The Morgan fingerprint density at radius 1 is 1.33 bits per heavy atom. The maximum atomic E-state index is 12.3. The standard InChI is InChI=1S/C16H15ClN2OS/c1-2-7-21-15-6-4-3-5-14(15)19-16(20)11-8-12(17)10-13(18)9-11/h2-6,8-10H,1,7,18H2,(H,19,20). The van der Waals surface area contributed by atoms with E-state index in [2.05, 4.69) is 11.9 Å². The third-order valence-corrected chi connectivity index (χ3v) is 3.96. The molecular formula is C16H15ClN2OS. The molecule has 0 aliphatic carbocycles. The highest BCUT2D eigenvalue weighted by molar-refractivity contribution is 7.99. The summed E-state index contributed by atoms with van der Waals surface area (Å²) in [6, 6.07) is 12.4. The topological polar surface area (TPSA) is 55.1 Å². The largest absolute Gasteiger partial charge is 0.399 e. The van der Waals surface area contributed by atoms with Crippen LogP contribution < -0.4 is 11.1 Å². The van der Waals surface area contributed by atoms with Crippen LogP contribution in [0.3, 0.4) is 0 Å². The Morgan fingerprint density at radius 2 is 2.10 bits per heavy atom. The molecule has 5 heteroatoms. The van der Waals surface area contributed by atoms with E-state index < -0.39 is 0 Å². The highest BCUT2D eigenvalue weighted by Gasteiger charge is 2.10. The van der Waals surface area contributed by atoms with Gasteiger partial charge in [-0.3, -0.25) is 4.79 Å². The van der Waals surface area contributed by atoms with Crippen molar-refractivity contribution in [2.75, 3.05) is 16.8 Å². The lowest BCUT2D eigenvalue weighted by molar-refractivity contribution is 0.102. The van der Waals surface area contributed by atoms with Gasteiger partial charge in [-0.2, -0.15) is 0 Å². The van der Waals surface area contributed by atoms with Crippen LogP contribution in [-0.4, -0.2) is 11.7 Å². The fraction of sp³-hybridized carbons (Fsp3) is 0.0625. The average molecular weight is 319 g/mol. The zero-order valence-electron chi connectivity index (χ0n) is 11.3. The van der Waals surface area contributed by atoms with E-state index in [1.54, 1.807) is 30.0 Å². The fourth-order valence-electron chi connectivity index (χ4n) is 1.78. The molecule has 0 aromatic heterocycles. The number of rotatable bonds is 5. The summed E-state index contributed by atoms with van der Waals surface area (Å²) in [5.74, 6) is 0.535. The van der Waals surface area contributed by atoms with Gasteiger partial charge in [0, 0.05) is 26.9 Å². The molecule has 3 nitrogen and oxygen atoms in total. The SMILES string of the molecule is C=CCSc1ccccc1NC(=O)c1cc(N)cc(Cl)c1. The molecule has 2 rings (SSSR count). The van der Waals surface area contributed by atoms with Gasteiger partial charge in [0.1, 0.15) is 0 Å². The van der Waals surface area contributed by atoms with Gasteiger partial charge in [-0.15, -0.1) is 18.3 Å². The molecular weight excluding hydrogens is 304 g/mol. The van der Waals surface area contributed by atoms with Crippen LogP contribution in [-0.2, 0) is 0 Å². The predicted octanol–water partition coefficient (Wildman–Crippen LogP) is 4.45. The number of benzene rings is 2. The van der Waals surface area contributed by atoms with Crippen LogP contribution in [0.5, 0.6) is 0 Å². The summed E-state index contributed by atoms with van der Waals surface area (Å²) in [4.78, 5) is 13.3. The molecule has 0 saturated heterocycles. The number of thioether (sulfide) groups is 1. The van der Waals surface area contributed by atoms with E-state index in [0.29, 0.717) is 16.3 Å². The van der Waals surface area contributed by atoms with Crippen LogP contribution in [0.2, 0.25) is 5.02 Å². The Bertz CT molecular complexity index is 653. The molecule has 2 aromatic carbocycles. The highest BCUT2D eigenvalue weighted by Crippen LogP contribution is 2.27. The Kier molecular flexibility index (Phi) is 5.31. The second-order valence-electron chi connectivity index (χ2n) is 4.32. The molecule has 0 unspecified atom stereocenters. The molecule has 0 spiro atoms. The number of nitrogen functional groups attached to an aromatic ring is 1. The monoisotopic (exact) mass is 318 g/mol.